The molecule has 1 heterocycles. The van der Waals surface area contributed by atoms with Gasteiger partial charge in [-0.25, -0.2) is 10.3 Å². The molecule has 1 N–H and O–H groups in total. The summed E-state index contributed by atoms with van der Waals surface area (Å²) in [5, 5.41) is 4.78. The first-order valence-electron chi connectivity index (χ1n) is 12.8. The van der Waals surface area contributed by atoms with Crippen molar-refractivity contribution in [1.29, 1.82) is 0 Å². The number of imide groups is 1. The van der Waals surface area contributed by atoms with Gasteiger partial charge in [0.1, 0.15) is 0 Å². The number of amides is 3. The number of hydrogen-bond acceptors (Lipinski definition) is 4. The van der Waals surface area contributed by atoms with Gasteiger partial charge in [-0.3, -0.25) is 14.4 Å². The van der Waals surface area contributed by atoms with Crippen LogP contribution in [0, 0.1) is 11.8 Å². The van der Waals surface area contributed by atoms with Crippen LogP contribution < -0.4 is 10.3 Å². The highest BCUT2D eigenvalue weighted by molar-refractivity contribution is 9.10. The van der Waals surface area contributed by atoms with E-state index >= 15 is 0 Å². The number of carbonyl (C=O) groups excluding carboxylic acids is 3. The molecule has 0 spiro atoms. The zero-order valence-corrected chi connectivity index (χ0v) is 23.3. The molecule has 4 aromatic rings. The van der Waals surface area contributed by atoms with Crippen LogP contribution in [0.2, 0.25) is 5.02 Å². The minimum absolute atomic E-state index is 0.284. The second kappa shape index (κ2) is 9.25. The molecule has 1 aliphatic heterocycles. The highest BCUT2D eigenvalue weighted by Gasteiger charge is 2.68. The molecule has 4 aromatic carbocycles. The number of hydrazone groups is 1. The van der Waals surface area contributed by atoms with Gasteiger partial charge in [0.25, 0.3) is 5.91 Å². The van der Waals surface area contributed by atoms with Gasteiger partial charge in [-0.05, 0) is 58.7 Å². The molecule has 2 atom stereocenters. The van der Waals surface area contributed by atoms with Gasteiger partial charge < -0.3 is 0 Å². The smallest absolute Gasteiger partial charge is 0.271 e. The molecule has 0 unspecified atom stereocenters. The lowest BCUT2D eigenvalue weighted by molar-refractivity contribution is -0.122. The molecule has 196 valence electrons. The topological polar surface area (TPSA) is 78.8 Å². The van der Waals surface area contributed by atoms with Crippen LogP contribution in [0.1, 0.15) is 38.5 Å². The quantitative estimate of drug-likeness (QED) is 0.173. The van der Waals surface area contributed by atoms with Crippen LogP contribution in [-0.2, 0) is 15.0 Å². The largest absolute Gasteiger partial charge is 0.274 e. The minimum Gasteiger partial charge on any atom is -0.274 e. The predicted octanol–water partition coefficient (Wildman–Crippen LogP) is 6.07. The Morgan fingerprint density at radius 3 is 2.10 bits per heavy atom. The van der Waals surface area contributed by atoms with Crippen molar-refractivity contribution in [2.45, 2.75) is 11.3 Å². The summed E-state index contributed by atoms with van der Waals surface area (Å²) >= 11 is 9.88. The number of halogens is 2. The van der Waals surface area contributed by atoms with Crippen LogP contribution in [0.5, 0.6) is 0 Å². The molecule has 0 saturated carbocycles. The monoisotopic (exact) mass is 609 g/mol. The number of nitrogens with zero attached hydrogens (tertiary/aromatic N) is 2. The third-order valence-electron chi connectivity index (χ3n) is 8.32. The Kier molecular flexibility index (Phi) is 5.77. The van der Waals surface area contributed by atoms with Crippen molar-refractivity contribution >= 4 is 57.2 Å². The SMILES string of the molecule is O=C(N/N=C/C12c3ccccc3C(c3ccccc31)[C@H]1C(=O)N(c3ccccc3Cl)C(=O)[C@H]12)c1ccc(Br)cc1. The zero-order valence-electron chi connectivity index (χ0n) is 20.9. The van der Waals surface area contributed by atoms with Gasteiger partial charge in [0.15, 0.2) is 0 Å². The fourth-order valence-corrected chi connectivity index (χ4v) is 7.26. The molecule has 2 bridgehead atoms. The van der Waals surface area contributed by atoms with Gasteiger partial charge in [0.05, 0.1) is 28.0 Å². The lowest BCUT2D eigenvalue weighted by atomic mass is 9.47. The lowest BCUT2D eigenvalue weighted by Crippen LogP contribution is -2.54. The number of rotatable bonds is 4. The van der Waals surface area contributed by atoms with E-state index in [-0.39, 0.29) is 23.6 Å². The Balaban J connectivity index is 1.41. The van der Waals surface area contributed by atoms with Crippen molar-refractivity contribution in [2.75, 3.05) is 4.90 Å². The average Bonchev–Trinajstić information content (AvgIpc) is 3.24. The van der Waals surface area contributed by atoms with E-state index in [0.29, 0.717) is 16.3 Å². The summed E-state index contributed by atoms with van der Waals surface area (Å²) in [5.74, 6) is -2.71. The van der Waals surface area contributed by atoms with E-state index in [1.54, 1.807) is 54.7 Å². The Bertz CT molecular complexity index is 1710. The Hall–Kier alpha value is -4.07. The molecule has 1 fully saturated rings. The van der Waals surface area contributed by atoms with Crippen molar-refractivity contribution in [2.24, 2.45) is 16.9 Å². The van der Waals surface area contributed by atoms with Gasteiger partial charge >= 0.3 is 0 Å². The maximum absolute atomic E-state index is 14.4. The van der Waals surface area contributed by atoms with E-state index in [2.05, 4.69) is 26.5 Å². The molecule has 4 aliphatic rings. The van der Waals surface area contributed by atoms with E-state index in [1.165, 1.54) is 4.90 Å². The van der Waals surface area contributed by atoms with Gasteiger partial charge in [-0.1, -0.05) is 88.2 Å². The van der Waals surface area contributed by atoms with E-state index in [1.807, 2.05) is 48.5 Å². The van der Waals surface area contributed by atoms with E-state index in [4.69, 9.17) is 11.6 Å². The molecule has 3 aliphatic carbocycles. The second-order valence-electron chi connectivity index (χ2n) is 10.2. The number of hydrogen-bond donors (Lipinski definition) is 1. The Morgan fingerprint density at radius 1 is 0.850 bits per heavy atom. The van der Waals surface area contributed by atoms with Crippen LogP contribution in [0.4, 0.5) is 5.69 Å². The fourth-order valence-electron chi connectivity index (χ4n) is 6.78. The molecule has 3 amide bonds. The van der Waals surface area contributed by atoms with Crippen LogP contribution in [-0.4, -0.2) is 23.9 Å². The molecule has 0 aromatic heterocycles. The predicted molar refractivity (Wildman–Crippen MR) is 157 cm³/mol. The van der Waals surface area contributed by atoms with E-state index in [0.717, 1.165) is 26.7 Å². The molecular formula is C32H21BrClN3O3. The summed E-state index contributed by atoms with van der Waals surface area (Å²) in [7, 11) is 0. The second-order valence-corrected chi connectivity index (χ2v) is 11.5. The molecule has 8 rings (SSSR count). The lowest BCUT2D eigenvalue weighted by Gasteiger charge is -2.52. The summed E-state index contributed by atoms with van der Waals surface area (Å²) in [6.07, 6.45) is 1.65. The number of nitrogens with one attached hydrogen (secondary N) is 1. The average molecular weight is 611 g/mol. The van der Waals surface area contributed by atoms with Crippen LogP contribution in [0.15, 0.2) is 107 Å². The van der Waals surface area contributed by atoms with Gasteiger partial charge in [-0.2, -0.15) is 5.10 Å². The molecule has 6 nitrogen and oxygen atoms in total. The maximum atomic E-state index is 14.4. The van der Waals surface area contributed by atoms with Crippen LogP contribution in [0.3, 0.4) is 0 Å². The number of benzene rings is 4. The standard InChI is InChI=1S/C32H21BrClN3O3/c33-19-15-13-18(14-16-19)29(38)36-35-17-32-22-9-3-1-7-20(22)26(21-8-2-4-10-23(21)32)27-28(32)31(40)37(30(27)39)25-12-6-5-11-24(25)34/h1-17,26-28H,(H,36,38)/b35-17+/t26?,27-,28+,32?/m1/s1. The van der Waals surface area contributed by atoms with Crippen LogP contribution in [0.25, 0.3) is 0 Å². The highest BCUT2D eigenvalue weighted by Crippen LogP contribution is 2.63. The highest BCUT2D eigenvalue weighted by atomic mass is 79.9. The first kappa shape index (κ1) is 24.9. The zero-order chi connectivity index (χ0) is 27.6. The van der Waals surface area contributed by atoms with Crippen molar-refractivity contribution in [3.8, 4) is 0 Å². The molecule has 8 heteroatoms. The van der Waals surface area contributed by atoms with Crippen molar-refractivity contribution in [1.82, 2.24) is 5.43 Å². The van der Waals surface area contributed by atoms with Crippen molar-refractivity contribution < 1.29 is 14.4 Å². The maximum Gasteiger partial charge on any atom is 0.271 e. The molecular weight excluding hydrogens is 590 g/mol. The Morgan fingerprint density at radius 2 is 1.45 bits per heavy atom. The number of carbonyl (C=O) groups is 3. The number of para-hydroxylation sites is 1. The third-order valence-corrected chi connectivity index (χ3v) is 9.17. The normalized spacial score (nSPS) is 24.1. The molecule has 0 radical (unpaired) electrons. The van der Waals surface area contributed by atoms with Gasteiger partial charge in [-0.15, -0.1) is 0 Å². The summed E-state index contributed by atoms with van der Waals surface area (Å²) in [6.45, 7) is 0. The summed E-state index contributed by atoms with van der Waals surface area (Å²) in [4.78, 5) is 42.7. The van der Waals surface area contributed by atoms with Crippen molar-refractivity contribution in [3.63, 3.8) is 0 Å². The first-order chi connectivity index (χ1) is 19.4. The molecule has 1 saturated heterocycles. The number of anilines is 1. The van der Waals surface area contributed by atoms with Gasteiger partial charge in [0.2, 0.25) is 11.8 Å². The van der Waals surface area contributed by atoms with E-state index < -0.39 is 17.3 Å². The Labute approximate surface area is 243 Å². The summed E-state index contributed by atoms with van der Waals surface area (Å²) in [5.41, 5.74) is 6.16. The summed E-state index contributed by atoms with van der Waals surface area (Å²) in [6, 6.07) is 29.6. The first-order valence-corrected chi connectivity index (χ1v) is 14.0. The fraction of sp³-hybridized carbons (Fsp3) is 0.125. The third kappa shape index (κ3) is 3.41. The van der Waals surface area contributed by atoms with Crippen LogP contribution >= 0.6 is 27.5 Å². The summed E-state index contributed by atoms with van der Waals surface area (Å²) < 4.78 is 0.858. The van der Waals surface area contributed by atoms with Crippen molar-refractivity contribution in [3.05, 3.63) is 134 Å². The molecule has 40 heavy (non-hydrogen) atoms. The van der Waals surface area contributed by atoms with E-state index in [9.17, 15) is 14.4 Å². The minimum atomic E-state index is -1.08. The van der Waals surface area contributed by atoms with Gasteiger partial charge in [0, 0.05) is 22.2 Å².